The predicted molar refractivity (Wildman–Crippen MR) is 63.5 cm³/mol. The second-order valence-electron chi connectivity index (χ2n) is 4.76. The van der Waals surface area contributed by atoms with E-state index >= 15 is 0 Å². The maximum absolute atomic E-state index is 5.87. The molecule has 1 aromatic carbocycles. The van der Waals surface area contributed by atoms with Gasteiger partial charge in [-0.05, 0) is 12.5 Å². The van der Waals surface area contributed by atoms with Gasteiger partial charge in [0.1, 0.15) is 0 Å². The largest absolute Gasteiger partial charge is 0.376 e. The second-order valence-corrected chi connectivity index (χ2v) is 4.76. The lowest BCUT2D eigenvalue weighted by atomic mass is 9.87. The molecule has 0 saturated heterocycles. The van der Waals surface area contributed by atoms with Crippen LogP contribution in [0.2, 0.25) is 0 Å². The summed E-state index contributed by atoms with van der Waals surface area (Å²) in [6, 6.07) is 10.3. The minimum Gasteiger partial charge on any atom is -0.376 e. The Labute approximate surface area is 92.4 Å². The monoisotopic (exact) mass is 207 g/mol. The van der Waals surface area contributed by atoms with Crippen LogP contribution in [0.25, 0.3) is 0 Å². The number of ether oxygens (including phenoxy) is 1. The van der Waals surface area contributed by atoms with Crippen LogP contribution in [0.1, 0.15) is 26.3 Å². The van der Waals surface area contributed by atoms with Gasteiger partial charge in [-0.2, -0.15) is 0 Å². The van der Waals surface area contributed by atoms with Crippen LogP contribution in [0.4, 0.5) is 0 Å². The van der Waals surface area contributed by atoms with E-state index in [1.165, 1.54) is 5.56 Å². The van der Waals surface area contributed by atoms with Gasteiger partial charge < -0.3 is 10.5 Å². The molecule has 0 saturated carbocycles. The summed E-state index contributed by atoms with van der Waals surface area (Å²) in [4.78, 5) is 0. The van der Waals surface area contributed by atoms with Crippen LogP contribution in [0.5, 0.6) is 0 Å². The summed E-state index contributed by atoms with van der Waals surface area (Å²) in [5.41, 5.74) is 7.11. The molecule has 2 nitrogen and oxygen atoms in total. The van der Waals surface area contributed by atoms with Crippen molar-refractivity contribution in [3.63, 3.8) is 0 Å². The first-order valence-electron chi connectivity index (χ1n) is 5.39. The van der Waals surface area contributed by atoms with Gasteiger partial charge in [0.05, 0.1) is 13.2 Å². The Morgan fingerprint density at radius 3 is 2.40 bits per heavy atom. The van der Waals surface area contributed by atoms with Gasteiger partial charge in [-0.3, -0.25) is 0 Å². The first-order chi connectivity index (χ1) is 7.02. The number of hydrogen-bond donors (Lipinski definition) is 1. The average molecular weight is 207 g/mol. The lowest BCUT2D eigenvalue weighted by molar-refractivity contribution is 0.0412. The van der Waals surface area contributed by atoms with Crippen LogP contribution in [0.3, 0.4) is 0 Å². The van der Waals surface area contributed by atoms with E-state index in [1.54, 1.807) is 0 Å². The van der Waals surface area contributed by atoms with Crippen molar-refractivity contribution < 1.29 is 4.74 Å². The number of nitrogens with two attached hydrogens (primary N) is 1. The zero-order valence-electron chi connectivity index (χ0n) is 9.86. The summed E-state index contributed by atoms with van der Waals surface area (Å²) in [7, 11) is 0. The van der Waals surface area contributed by atoms with Crippen LogP contribution < -0.4 is 5.73 Å². The van der Waals surface area contributed by atoms with E-state index in [0.29, 0.717) is 13.2 Å². The van der Waals surface area contributed by atoms with Crippen LogP contribution in [0.15, 0.2) is 30.3 Å². The number of benzene rings is 1. The standard InChI is InChI=1S/C13H21NO/c1-11(14)13(2,3)10-15-9-12-7-5-4-6-8-12/h4-8,11H,9-10,14H2,1-3H3. The molecule has 0 amide bonds. The molecule has 0 heterocycles. The molecule has 1 unspecified atom stereocenters. The van der Waals surface area contributed by atoms with Gasteiger partial charge in [-0.1, -0.05) is 44.2 Å². The molecule has 2 N–H and O–H groups in total. The Morgan fingerprint density at radius 1 is 1.27 bits per heavy atom. The molecule has 0 aliphatic heterocycles. The molecule has 0 bridgehead atoms. The molecule has 1 rings (SSSR count). The SMILES string of the molecule is CC(N)C(C)(C)COCc1ccccc1. The van der Waals surface area contributed by atoms with E-state index in [2.05, 4.69) is 26.0 Å². The van der Waals surface area contributed by atoms with Gasteiger partial charge in [0.2, 0.25) is 0 Å². The Balaban J connectivity index is 2.34. The molecular weight excluding hydrogens is 186 g/mol. The summed E-state index contributed by atoms with van der Waals surface area (Å²) < 4.78 is 5.67. The fraction of sp³-hybridized carbons (Fsp3) is 0.538. The highest BCUT2D eigenvalue weighted by Gasteiger charge is 2.22. The van der Waals surface area contributed by atoms with Crippen molar-refractivity contribution in [2.75, 3.05) is 6.61 Å². The summed E-state index contributed by atoms with van der Waals surface area (Å²) in [5.74, 6) is 0. The molecule has 0 spiro atoms. The third-order valence-corrected chi connectivity index (χ3v) is 2.82. The zero-order valence-corrected chi connectivity index (χ0v) is 9.86. The van der Waals surface area contributed by atoms with Gasteiger partial charge in [-0.15, -0.1) is 0 Å². The van der Waals surface area contributed by atoms with Crippen LogP contribution in [0, 0.1) is 5.41 Å². The molecule has 0 radical (unpaired) electrons. The molecule has 84 valence electrons. The predicted octanol–water partition coefficient (Wildman–Crippen LogP) is 2.58. The second kappa shape index (κ2) is 5.29. The minimum atomic E-state index is 0.0365. The number of hydrogen-bond acceptors (Lipinski definition) is 2. The molecular formula is C13H21NO. The Kier molecular flexibility index (Phi) is 4.30. The third kappa shape index (κ3) is 4.02. The highest BCUT2D eigenvalue weighted by Crippen LogP contribution is 2.19. The van der Waals surface area contributed by atoms with Crippen LogP contribution >= 0.6 is 0 Å². The van der Waals surface area contributed by atoms with Crippen molar-refractivity contribution in [1.29, 1.82) is 0 Å². The third-order valence-electron chi connectivity index (χ3n) is 2.82. The van der Waals surface area contributed by atoms with E-state index in [1.807, 2.05) is 25.1 Å². The van der Waals surface area contributed by atoms with Crippen molar-refractivity contribution in [2.24, 2.45) is 11.1 Å². The van der Waals surface area contributed by atoms with Gasteiger partial charge in [-0.25, -0.2) is 0 Å². The first kappa shape index (κ1) is 12.2. The van der Waals surface area contributed by atoms with Crippen molar-refractivity contribution in [2.45, 2.75) is 33.4 Å². The Bertz CT molecular complexity index is 280. The molecule has 0 aromatic heterocycles. The fourth-order valence-corrected chi connectivity index (χ4v) is 1.14. The lowest BCUT2D eigenvalue weighted by Gasteiger charge is -2.28. The average Bonchev–Trinajstić information content (AvgIpc) is 2.19. The molecule has 0 aliphatic carbocycles. The Morgan fingerprint density at radius 2 is 1.87 bits per heavy atom. The minimum absolute atomic E-state index is 0.0365. The van der Waals surface area contributed by atoms with Crippen molar-refractivity contribution in [3.8, 4) is 0 Å². The lowest BCUT2D eigenvalue weighted by Crippen LogP contribution is -2.38. The van der Waals surface area contributed by atoms with Gasteiger partial charge >= 0.3 is 0 Å². The number of rotatable bonds is 5. The molecule has 0 aliphatic rings. The van der Waals surface area contributed by atoms with Gasteiger partial charge in [0.25, 0.3) is 0 Å². The molecule has 1 atom stereocenters. The van der Waals surface area contributed by atoms with E-state index in [-0.39, 0.29) is 11.5 Å². The van der Waals surface area contributed by atoms with E-state index < -0.39 is 0 Å². The maximum Gasteiger partial charge on any atom is 0.0717 e. The van der Waals surface area contributed by atoms with Crippen molar-refractivity contribution in [1.82, 2.24) is 0 Å². The fourth-order valence-electron chi connectivity index (χ4n) is 1.14. The zero-order chi connectivity index (χ0) is 11.3. The molecule has 0 fully saturated rings. The van der Waals surface area contributed by atoms with Gasteiger partial charge in [0, 0.05) is 11.5 Å². The highest BCUT2D eigenvalue weighted by molar-refractivity contribution is 5.13. The van der Waals surface area contributed by atoms with Crippen molar-refractivity contribution in [3.05, 3.63) is 35.9 Å². The van der Waals surface area contributed by atoms with E-state index in [0.717, 1.165) is 0 Å². The molecule has 1 aromatic rings. The summed E-state index contributed by atoms with van der Waals surface area (Å²) in [6.45, 7) is 7.63. The Hall–Kier alpha value is -0.860. The smallest absolute Gasteiger partial charge is 0.0717 e. The topological polar surface area (TPSA) is 35.2 Å². The summed E-state index contributed by atoms with van der Waals surface area (Å²) >= 11 is 0. The van der Waals surface area contributed by atoms with Crippen LogP contribution in [-0.2, 0) is 11.3 Å². The molecule has 15 heavy (non-hydrogen) atoms. The quantitative estimate of drug-likeness (QED) is 0.805. The molecule has 2 heteroatoms. The van der Waals surface area contributed by atoms with E-state index in [9.17, 15) is 0 Å². The highest BCUT2D eigenvalue weighted by atomic mass is 16.5. The van der Waals surface area contributed by atoms with Crippen LogP contribution in [-0.4, -0.2) is 12.6 Å². The summed E-state index contributed by atoms with van der Waals surface area (Å²) in [6.07, 6.45) is 0. The first-order valence-corrected chi connectivity index (χ1v) is 5.39. The van der Waals surface area contributed by atoms with Crippen molar-refractivity contribution >= 4 is 0 Å². The normalized spacial score (nSPS) is 13.9. The van der Waals surface area contributed by atoms with Gasteiger partial charge in [0.15, 0.2) is 0 Å². The van der Waals surface area contributed by atoms with E-state index in [4.69, 9.17) is 10.5 Å². The maximum atomic E-state index is 5.87. The summed E-state index contributed by atoms with van der Waals surface area (Å²) in [5, 5.41) is 0.